The standard InChI is InChI=1S/C25H34N10O3/c1-16-22-23(24(30-25(26)29-22)27-13-21-28-17(2)38-32-21)35(31-16)15-19-5-4-18(12-20(19)37-3)14-34-8-6-33(7-9-34)10-11-36/h4-5,12,36H,6-11,13-15H2,1-3H3,(H3,26,27,29,30). The number of aryl methyl sites for hydroxylation is 2. The number of nitrogens with one attached hydrogen (secondary N) is 1. The lowest BCUT2D eigenvalue weighted by Gasteiger charge is -2.34. The number of nitrogens with two attached hydrogens (primary N) is 1. The van der Waals surface area contributed by atoms with Gasteiger partial charge in [0.2, 0.25) is 11.8 Å². The Labute approximate surface area is 220 Å². The van der Waals surface area contributed by atoms with Gasteiger partial charge in [0.15, 0.2) is 11.6 Å². The first kappa shape index (κ1) is 25.8. The van der Waals surface area contributed by atoms with Crippen molar-refractivity contribution >= 4 is 22.8 Å². The molecule has 4 aromatic rings. The normalized spacial score (nSPS) is 14.8. The summed E-state index contributed by atoms with van der Waals surface area (Å²) < 4.78 is 12.7. The van der Waals surface area contributed by atoms with Crippen LogP contribution in [0.25, 0.3) is 11.0 Å². The maximum atomic E-state index is 9.17. The molecule has 5 rings (SSSR count). The SMILES string of the molecule is COc1cc(CN2CCN(CCO)CC2)ccc1Cn1nc(C)c2nc(N)nc(NCc3noc(C)n3)c21. The van der Waals surface area contributed by atoms with Crippen molar-refractivity contribution in [1.29, 1.82) is 0 Å². The molecule has 4 heterocycles. The molecule has 1 saturated heterocycles. The van der Waals surface area contributed by atoms with Crippen LogP contribution in [-0.4, -0.2) is 91.2 Å². The predicted molar refractivity (Wildman–Crippen MR) is 142 cm³/mol. The summed E-state index contributed by atoms with van der Waals surface area (Å²) in [5.74, 6) is 2.52. The zero-order valence-electron chi connectivity index (χ0n) is 22.0. The van der Waals surface area contributed by atoms with Crippen molar-refractivity contribution in [3.8, 4) is 5.75 Å². The van der Waals surface area contributed by atoms with Crippen LogP contribution in [-0.2, 0) is 19.6 Å². The molecule has 0 amide bonds. The molecule has 0 atom stereocenters. The molecule has 0 saturated carbocycles. The number of β-amino-alcohol motifs (C(OH)–C–C–N with tert-alkyl or cyclic N) is 1. The molecular formula is C25H34N10O3. The van der Waals surface area contributed by atoms with E-state index >= 15 is 0 Å². The predicted octanol–water partition coefficient (Wildman–Crippen LogP) is 1.19. The van der Waals surface area contributed by atoms with Gasteiger partial charge in [-0.15, -0.1) is 0 Å². The van der Waals surface area contributed by atoms with Crippen LogP contribution in [0.5, 0.6) is 5.75 Å². The van der Waals surface area contributed by atoms with Gasteiger partial charge in [-0.1, -0.05) is 17.3 Å². The first-order valence-electron chi connectivity index (χ1n) is 12.7. The third-order valence-corrected chi connectivity index (χ3v) is 6.72. The third-order valence-electron chi connectivity index (χ3n) is 6.72. The molecule has 0 spiro atoms. The lowest BCUT2D eigenvalue weighted by Crippen LogP contribution is -2.46. The van der Waals surface area contributed by atoms with Crippen LogP contribution in [0.1, 0.15) is 28.5 Å². The van der Waals surface area contributed by atoms with Crippen LogP contribution in [0.15, 0.2) is 22.7 Å². The maximum absolute atomic E-state index is 9.17. The van der Waals surface area contributed by atoms with Crippen molar-refractivity contribution in [1.82, 2.24) is 39.7 Å². The van der Waals surface area contributed by atoms with E-state index in [0.717, 1.165) is 61.8 Å². The summed E-state index contributed by atoms with van der Waals surface area (Å²) in [4.78, 5) is 17.8. The monoisotopic (exact) mass is 522 g/mol. The lowest BCUT2D eigenvalue weighted by atomic mass is 10.1. The van der Waals surface area contributed by atoms with Gasteiger partial charge in [0.25, 0.3) is 0 Å². The van der Waals surface area contributed by atoms with Crippen LogP contribution < -0.4 is 15.8 Å². The highest BCUT2D eigenvalue weighted by atomic mass is 16.5. The number of nitrogens with zero attached hydrogens (tertiary/aromatic N) is 8. The number of ether oxygens (including phenoxy) is 1. The third kappa shape index (κ3) is 5.69. The summed E-state index contributed by atoms with van der Waals surface area (Å²) in [5.41, 5.74) is 10.4. The fourth-order valence-electron chi connectivity index (χ4n) is 4.81. The topological polar surface area (TPSA) is 157 Å². The highest BCUT2D eigenvalue weighted by Gasteiger charge is 2.20. The van der Waals surface area contributed by atoms with Gasteiger partial charge >= 0.3 is 0 Å². The van der Waals surface area contributed by atoms with Gasteiger partial charge in [0.05, 0.1) is 32.5 Å². The van der Waals surface area contributed by atoms with Gasteiger partial charge in [-0.3, -0.25) is 14.5 Å². The number of nitrogen functional groups attached to an aromatic ring is 1. The largest absolute Gasteiger partial charge is 0.496 e. The van der Waals surface area contributed by atoms with Crippen molar-refractivity contribution in [2.24, 2.45) is 0 Å². The molecule has 3 aromatic heterocycles. The molecular weight excluding hydrogens is 488 g/mol. The number of methoxy groups -OCH3 is 1. The first-order chi connectivity index (χ1) is 18.4. The molecule has 13 nitrogen and oxygen atoms in total. The molecule has 0 aliphatic carbocycles. The second-order valence-electron chi connectivity index (χ2n) is 9.44. The quantitative estimate of drug-likeness (QED) is 0.274. The molecule has 13 heteroatoms. The smallest absolute Gasteiger partial charge is 0.223 e. The molecule has 1 aliphatic heterocycles. The highest BCUT2D eigenvalue weighted by molar-refractivity contribution is 5.88. The Morgan fingerprint density at radius 3 is 2.58 bits per heavy atom. The first-order valence-corrected chi connectivity index (χ1v) is 12.7. The molecule has 38 heavy (non-hydrogen) atoms. The summed E-state index contributed by atoms with van der Waals surface area (Å²) >= 11 is 0. The molecule has 0 radical (unpaired) electrons. The van der Waals surface area contributed by atoms with E-state index in [9.17, 15) is 5.11 Å². The minimum atomic E-state index is 0.158. The summed E-state index contributed by atoms with van der Waals surface area (Å²) in [6.45, 7) is 10.1. The van der Waals surface area contributed by atoms with Gasteiger partial charge in [-0.25, -0.2) is 4.98 Å². The zero-order chi connectivity index (χ0) is 26.6. The number of aliphatic hydroxyl groups is 1. The van der Waals surface area contributed by atoms with E-state index in [4.69, 9.17) is 20.1 Å². The number of hydrogen-bond acceptors (Lipinski definition) is 12. The van der Waals surface area contributed by atoms with Crippen LogP contribution in [0.4, 0.5) is 11.8 Å². The van der Waals surface area contributed by atoms with Crippen molar-refractivity contribution in [2.75, 3.05) is 57.5 Å². The number of piperazine rings is 1. The average Bonchev–Trinajstić information content (AvgIpc) is 3.47. The van der Waals surface area contributed by atoms with Crippen LogP contribution in [0, 0.1) is 13.8 Å². The van der Waals surface area contributed by atoms with E-state index in [1.807, 2.05) is 11.6 Å². The van der Waals surface area contributed by atoms with Crippen molar-refractivity contribution in [2.45, 2.75) is 33.5 Å². The van der Waals surface area contributed by atoms with E-state index in [2.05, 4.69) is 53.4 Å². The number of aromatic nitrogens is 6. The highest BCUT2D eigenvalue weighted by Crippen LogP contribution is 2.28. The molecule has 4 N–H and O–H groups in total. The van der Waals surface area contributed by atoms with Crippen LogP contribution >= 0.6 is 0 Å². The van der Waals surface area contributed by atoms with Gasteiger partial charge in [0, 0.05) is 51.8 Å². The molecule has 1 aromatic carbocycles. The Hall–Kier alpha value is -3.81. The fourth-order valence-corrected chi connectivity index (χ4v) is 4.81. The molecule has 1 aliphatic rings. The minimum Gasteiger partial charge on any atom is -0.496 e. The Bertz CT molecular complexity index is 1390. The summed E-state index contributed by atoms with van der Waals surface area (Å²) in [7, 11) is 1.69. The van der Waals surface area contributed by atoms with Gasteiger partial charge < -0.3 is 25.4 Å². The zero-order valence-corrected chi connectivity index (χ0v) is 22.0. The second-order valence-corrected chi connectivity index (χ2v) is 9.44. The number of aliphatic hydroxyl groups excluding tert-OH is 1. The number of benzene rings is 1. The van der Waals surface area contributed by atoms with Crippen molar-refractivity contribution in [3.05, 3.63) is 46.7 Å². The molecule has 0 bridgehead atoms. The molecule has 0 unspecified atom stereocenters. The van der Waals surface area contributed by atoms with E-state index < -0.39 is 0 Å². The molecule has 202 valence electrons. The number of hydrogen-bond donors (Lipinski definition) is 3. The van der Waals surface area contributed by atoms with E-state index in [1.165, 1.54) is 5.56 Å². The Kier molecular flexibility index (Phi) is 7.67. The van der Waals surface area contributed by atoms with Gasteiger partial charge in [-0.2, -0.15) is 15.1 Å². The van der Waals surface area contributed by atoms with E-state index in [-0.39, 0.29) is 12.6 Å². The van der Waals surface area contributed by atoms with Gasteiger partial charge in [-0.05, 0) is 18.6 Å². The minimum absolute atomic E-state index is 0.158. The Morgan fingerprint density at radius 2 is 1.87 bits per heavy atom. The van der Waals surface area contributed by atoms with Crippen molar-refractivity contribution < 1.29 is 14.4 Å². The lowest BCUT2D eigenvalue weighted by molar-refractivity contribution is 0.108. The van der Waals surface area contributed by atoms with E-state index in [0.29, 0.717) is 36.1 Å². The second kappa shape index (κ2) is 11.3. The summed E-state index contributed by atoms with van der Waals surface area (Å²) in [6.07, 6.45) is 0. The number of fused-ring (bicyclic) bond motifs is 1. The summed E-state index contributed by atoms with van der Waals surface area (Å²) in [6, 6.07) is 6.33. The Balaban J connectivity index is 1.36. The van der Waals surface area contributed by atoms with Crippen molar-refractivity contribution in [3.63, 3.8) is 0 Å². The molecule has 1 fully saturated rings. The van der Waals surface area contributed by atoms with Crippen LogP contribution in [0.2, 0.25) is 0 Å². The van der Waals surface area contributed by atoms with Crippen LogP contribution in [0.3, 0.4) is 0 Å². The summed E-state index contributed by atoms with van der Waals surface area (Å²) in [5, 5.41) is 21.1. The number of rotatable bonds is 10. The van der Waals surface area contributed by atoms with E-state index in [1.54, 1.807) is 14.0 Å². The number of anilines is 2. The average molecular weight is 523 g/mol. The fraction of sp³-hybridized carbons (Fsp3) is 0.480. The van der Waals surface area contributed by atoms with Gasteiger partial charge in [0.1, 0.15) is 16.8 Å². The maximum Gasteiger partial charge on any atom is 0.223 e. The Morgan fingerprint density at radius 1 is 1.08 bits per heavy atom.